The summed E-state index contributed by atoms with van der Waals surface area (Å²) in [5.41, 5.74) is -5.12. The third-order valence-electron chi connectivity index (χ3n) is 12.7. The fourth-order valence-corrected chi connectivity index (χ4v) is 9.98. The van der Waals surface area contributed by atoms with Crippen LogP contribution < -0.4 is 16.0 Å². The van der Waals surface area contributed by atoms with E-state index in [-0.39, 0.29) is 31.0 Å². The molecular formula is C49H81N5O14. The zero-order valence-corrected chi connectivity index (χ0v) is 43.0. The minimum atomic E-state index is -1.70. The van der Waals surface area contributed by atoms with Crippen LogP contribution in [0, 0.1) is 28.6 Å². The predicted octanol–water partition coefficient (Wildman–Crippen LogP) is 6.21. The van der Waals surface area contributed by atoms with Gasteiger partial charge in [0.2, 0.25) is 0 Å². The van der Waals surface area contributed by atoms with Crippen molar-refractivity contribution in [2.75, 3.05) is 13.7 Å². The Kier molecular flexibility index (Phi) is 18.0. The summed E-state index contributed by atoms with van der Waals surface area (Å²) in [6.07, 6.45) is -2.94. The molecule has 2 heterocycles. The number of allylic oxidation sites excluding steroid dienone is 1. The Labute approximate surface area is 402 Å². The number of aliphatic hydroxyl groups is 2. The van der Waals surface area contributed by atoms with Gasteiger partial charge in [-0.25, -0.2) is 14.4 Å². The lowest BCUT2D eigenvalue weighted by molar-refractivity contribution is -0.200. The number of ether oxygens (including phenoxy) is 6. The maximum atomic E-state index is 14.4. The molecule has 2 aliphatic carbocycles. The normalized spacial score (nSPS) is 32.8. The third kappa shape index (κ3) is 14.8. The number of hydrogen-bond acceptors (Lipinski definition) is 16. The molecule has 3 amide bonds. The number of alkyl carbamates (subject to hydrolysis) is 2. The van der Waals surface area contributed by atoms with Crippen molar-refractivity contribution in [2.24, 2.45) is 28.8 Å². The van der Waals surface area contributed by atoms with Gasteiger partial charge in [0.15, 0.2) is 5.78 Å². The van der Waals surface area contributed by atoms with Gasteiger partial charge in [0.1, 0.15) is 40.2 Å². The van der Waals surface area contributed by atoms with Crippen molar-refractivity contribution >= 4 is 30.0 Å². The molecule has 1 saturated heterocycles. The van der Waals surface area contributed by atoms with Crippen LogP contribution in [0.4, 0.5) is 14.4 Å². The molecular weight excluding hydrogens is 883 g/mol. The number of Topliss-reactive ketones (excluding diaryl/α,β-unsaturated/α-hetero) is 1. The molecule has 0 radical (unpaired) electrons. The van der Waals surface area contributed by atoms with Gasteiger partial charge in [0.05, 0.1) is 48.6 Å². The predicted molar refractivity (Wildman–Crippen MR) is 252 cm³/mol. The van der Waals surface area contributed by atoms with Gasteiger partial charge in [-0.15, -0.1) is 6.58 Å². The van der Waals surface area contributed by atoms with Crippen LogP contribution >= 0.6 is 0 Å². The van der Waals surface area contributed by atoms with Crippen molar-refractivity contribution in [2.45, 2.75) is 218 Å². The van der Waals surface area contributed by atoms with Crippen LogP contribution in [-0.2, 0) is 38.0 Å². The first-order valence-corrected chi connectivity index (χ1v) is 23.9. The zero-order valence-electron chi connectivity index (χ0n) is 43.0. The van der Waals surface area contributed by atoms with E-state index in [9.17, 15) is 39.1 Å². The van der Waals surface area contributed by atoms with Crippen LogP contribution in [0.5, 0.6) is 0 Å². The molecule has 0 aromatic carbocycles. The van der Waals surface area contributed by atoms with Gasteiger partial charge in [-0.1, -0.05) is 11.3 Å². The van der Waals surface area contributed by atoms with E-state index in [1.165, 1.54) is 14.0 Å². The second-order valence-corrected chi connectivity index (χ2v) is 23.3. The number of nitrogens with one attached hydrogen (secondary N) is 3. The van der Waals surface area contributed by atoms with Crippen LogP contribution in [0.25, 0.3) is 0 Å². The van der Waals surface area contributed by atoms with Crippen molar-refractivity contribution in [1.29, 1.82) is 0 Å². The van der Waals surface area contributed by atoms with Crippen molar-refractivity contribution < 1.29 is 62.6 Å². The van der Waals surface area contributed by atoms with Gasteiger partial charge in [-0.05, 0) is 135 Å². The number of nitroso groups, excluding NO2 is 1. The van der Waals surface area contributed by atoms with Crippen LogP contribution in [0.3, 0.4) is 0 Å². The van der Waals surface area contributed by atoms with E-state index in [2.05, 4.69) is 27.7 Å². The average molecular weight is 964 g/mol. The minimum absolute atomic E-state index is 0.0175. The number of rotatable bonds is 13. The Morgan fingerprint density at radius 2 is 1.34 bits per heavy atom. The molecule has 2 saturated carbocycles. The number of nitrogens with zero attached hydrogens (tertiary/aromatic N) is 2. The maximum absolute atomic E-state index is 14.4. The van der Waals surface area contributed by atoms with E-state index in [0.717, 1.165) is 4.90 Å². The fourth-order valence-electron chi connectivity index (χ4n) is 9.98. The Morgan fingerprint density at radius 1 is 0.809 bits per heavy atom. The molecule has 4 aliphatic rings. The molecule has 19 nitrogen and oxygen atoms in total. The van der Waals surface area contributed by atoms with Crippen molar-refractivity contribution in [1.82, 2.24) is 20.9 Å². The minimum Gasteiger partial charge on any atom is -0.492 e. The molecule has 14 atom stereocenters. The number of carbonyl (C=O) groups is 5. The molecule has 68 heavy (non-hydrogen) atoms. The number of likely N-dealkylation sites (N-methyl/N-ethyl adjacent to an activating group) is 1. The maximum Gasteiger partial charge on any atom is 0.410 e. The van der Waals surface area contributed by atoms with E-state index >= 15 is 0 Å². The van der Waals surface area contributed by atoms with Gasteiger partial charge in [-0.2, -0.15) is 4.91 Å². The summed E-state index contributed by atoms with van der Waals surface area (Å²) in [5.74, 6) is -3.29. The number of aliphatic hydroxyl groups excluding tert-OH is 2. The van der Waals surface area contributed by atoms with Gasteiger partial charge in [-0.3, -0.25) is 9.59 Å². The number of amides is 3. The molecule has 5 N–H and O–H groups in total. The number of esters is 1. The highest BCUT2D eigenvalue weighted by molar-refractivity contribution is 5.87. The van der Waals surface area contributed by atoms with Gasteiger partial charge < -0.3 is 59.5 Å². The molecule has 3 fully saturated rings. The topological polar surface area (TPSA) is 250 Å². The second kappa shape index (κ2) is 21.8. The molecule has 4 rings (SSSR count). The van der Waals surface area contributed by atoms with Gasteiger partial charge in [0, 0.05) is 43.3 Å². The number of ketones is 1. The molecule has 0 aromatic heterocycles. The Balaban J connectivity index is 1.86. The quantitative estimate of drug-likeness (QED) is 0.0596. The average Bonchev–Trinajstić information content (AvgIpc) is 3.67. The molecule has 0 spiro atoms. The Bertz CT molecular complexity index is 1870. The lowest BCUT2D eigenvalue weighted by atomic mass is 9.64. The summed E-state index contributed by atoms with van der Waals surface area (Å²) in [7, 11) is 1.38. The summed E-state index contributed by atoms with van der Waals surface area (Å²) in [4.78, 5) is 82.1. The van der Waals surface area contributed by atoms with Crippen molar-refractivity contribution in [3.8, 4) is 0 Å². The highest BCUT2D eigenvalue weighted by atomic mass is 16.6. The van der Waals surface area contributed by atoms with Crippen LogP contribution in [-0.4, -0.2) is 141 Å². The van der Waals surface area contributed by atoms with E-state index in [1.54, 1.807) is 102 Å². The monoisotopic (exact) mass is 964 g/mol. The van der Waals surface area contributed by atoms with Crippen LogP contribution in [0.2, 0.25) is 0 Å². The lowest BCUT2D eigenvalue weighted by Crippen LogP contribution is -2.73. The van der Waals surface area contributed by atoms with E-state index in [4.69, 9.17) is 28.4 Å². The summed E-state index contributed by atoms with van der Waals surface area (Å²) < 4.78 is 35.7. The summed E-state index contributed by atoms with van der Waals surface area (Å²) in [6, 6.07) is -4.99. The van der Waals surface area contributed by atoms with E-state index in [1.807, 2.05) is 0 Å². The van der Waals surface area contributed by atoms with E-state index in [0.29, 0.717) is 25.0 Å². The molecule has 19 heteroatoms. The van der Waals surface area contributed by atoms with Crippen LogP contribution in [0.15, 0.2) is 29.7 Å². The smallest absolute Gasteiger partial charge is 0.410 e. The molecule has 2 aliphatic heterocycles. The van der Waals surface area contributed by atoms with E-state index < -0.39 is 131 Å². The highest BCUT2D eigenvalue weighted by Gasteiger charge is 2.60. The molecule has 0 bridgehead atoms. The summed E-state index contributed by atoms with van der Waals surface area (Å²) >= 11 is 0. The molecule has 0 aromatic rings. The number of hydrogen-bond donors (Lipinski definition) is 5. The molecule has 14 unspecified atom stereocenters. The second-order valence-electron chi connectivity index (χ2n) is 23.3. The Morgan fingerprint density at radius 3 is 1.87 bits per heavy atom. The SMILES string of the molecule is C=CCC1=CCC(NC(=O)OC(C)(C)C)C(C2C(NC(=O)OC(C)(C)C)CC(NC(C)C(=O)C3CCC(C(=O)OC(C)(C)C)C3)C(C3OCC(C)(N=O)C(N(C)C(=O)OC(C)(C)C)C3O)C2O)O1. The first-order chi connectivity index (χ1) is 31.2. The third-order valence-corrected chi connectivity index (χ3v) is 12.7. The summed E-state index contributed by atoms with van der Waals surface area (Å²) in [6.45, 7) is 27.3. The Hall–Kier alpha value is -4.33. The first-order valence-electron chi connectivity index (χ1n) is 23.9. The standard InChI is InChI=1S/C49H81N5O14/c1-17-18-29-21-22-30(51-42(59)66-46(6,7)8)38(64-29)33-32(52-43(60)67-47(9,10)11)24-31(50-26(2)35(55)27-19-20-28(23-27)41(58)65-45(3,4)5)34(36(33)56)39-37(57)40(49(15,53-62)25-63-39)54(16)44(61)68-48(12,13)14/h17,21,26-28,30-34,36-40,50,56-57H,1,18-20,22-25H2,2-16H3,(H,51,59)(H,52,60). The van der Waals surface area contributed by atoms with Gasteiger partial charge >= 0.3 is 24.2 Å². The van der Waals surface area contributed by atoms with Crippen molar-refractivity contribution in [3.05, 3.63) is 29.4 Å². The van der Waals surface area contributed by atoms with Gasteiger partial charge in [0.25, 0.3) is 0 Å². The van der Waals surface area contributed by atoms with Crippen LogP contribution in [0.1, 0.15) is 135 Å². The first kappa shape index (κ1) is 56.3. The fraction of sp³-hybridized carbons (Fsp3) is 0.816. The lowest BCUT2D eigenvalue weighted by Gasteiger charge is -2.55. The number of carbonyl (C=O) groups excluding carboxylic acids is 5. The zero-order chi connectivity index (χ0) is 51.5. The largest absolute Gasteiger partial charge is 0.492 e. The molecule has 386 valence electrons. The highest BCUT2D eigenvalue weighted by Crippen LogP contribution is 2.44. The summed E-state index contributed by atoms with van der Waals surface area (Å²) in [5, 5.41) is 38.4. The van der Waals surface area contributed by atoms with Crippen molar-refractivity contribution in [3.63, 3.8) is 0 Å².